The van der Waals surface area contributed by atoms with Crippen LogP contribution in [0.4, 0.5) is 10.3 Å². The van der Waals surface area contributed by atoms with Crippen molar-refractivity contribution >= 4 is 66.7 Å². The molecule has 2 aromatic heterocycles. The summed E-state index contributed by atoms with van der Waals surface area (Å²) in [4.78, 5) is 50.2. The number of hydrogen-bond acceptors (Lipinski definition) is 13. The number of amides is 3. The number of carbonyl (C=O) groups is 3. The van der Waals surface area contributed by atoms with E-state index in [2.05, 4.69) is 30.6 Å². The molecule has 2 aromatic rings. The molecule has 3 amide bonds. The first-order valence-electron chi connectivity index (χ1n) is 8.45. The van der Waals surface area contributed by atoms with E-state index in [-0.39, 0.29) is 62.7 Å². The smallest absolute Gasteiger partial charge is 1.00 e. The molecule has 1 aliphatic heterocycles. The molecule has 2 atom stereocenters. The van der Waals surface area contributed by atoms with Crippen molar-refractivity contribution in [1.82, 2.24) is 24.9 Å². The van der Waals surface area contributed by atoms with Gasteiger partial charge in [-0.3, -0.25) is 18.9 Å². The summed E-state index contributed by atoms with van der Waals surface area (Å²) in [6.45, 7) is -0.474. The number of nitrogens with two attached hydrogens (primary N) is 2. The van der Waals surface area contributed by atoms with Crippen LogP contribution < -0.4 is 51.7 Å². The van der Waals surface area contributed by atoms with Crippen molar-refractivity contribution in [3.8, 4) is 0 Å². The van der Waals surface area contributed by atoms with Gasteiger partial charge in [0, 0.05) is 10.8 Å². The average molecular weight is 529 g/mol. The molecule has 7 N–H and O–H groups in total. The number of nitrogens with one attached hydrogen (secondary N) is 2. The van der Waals surface area contributed by atoms with E-state index in [1.165, 1.54) is 17.9 Å². The van der Waals surface area contributed by atoms with E-state index in [9.17, 15) is 22.8 Å². The molecule has 2 unspecified atom stereocenters. The van der Waals surface area contributed by atoms with Gasteiger partial charge in [-0.2, -0.15) is 8.42 Å². The summed E-state index contributed by atoms with van der Waals surface area (Å²) in [5.41, 5.74) is 11.1. The monoisotopic (exact) mass is 528 g/mol. The van der Waals surface area contributed by atoms with Crippen LogP contribution in [0.5, 0.6) is 0 Å². The van der Waals surface area contributed by atoms with Crippen LogP contribution in [0.3, 0.4) is 0 Å². The van der Waals surface area contributed by atoms with Gasteiger partial charge in [0.25, 0.3) is 11.8 Å². The van der Waals surface area contributed by atoms with Crippen LogP contribution in [0.25, 0.3) is 0 Å². The van der Waals surface area contributed by atoms with E-state index in [1.807, 2.05) is 0 Å². The Bertz CT molecular complexity index is 1200. The van der Waals surface area contributed by atoms with Crippen molar-refractivity contribution in [3.63, 3.8) is 0 Å². The van der Waals surface area contributed by atoms with E-state index in [0.29, 0.717) is 0 Å². The molecule has 1 fully saturated rings. The Balaban J connectivity index is 0.00000289. The SMILES string of the molecule is CON=C(C(=O)NC(C(=O)NC1CN(S(=O)(=O)O)C1=O)c1csc(N)n1)c1csc(N)n1.[H-].[Na+]. The van der Waals surface area contributed by atoms with Crippen molar-refractivity contribution in [2.75, 3.05) is 25.1 Å². The minimum Gasteiger partial charge on any atom is -1.00 e. The molecule has 19 heteroatoms. The summed E-state index contributed by atoms with van der Waals surface area (Å²) < 4.78 is 31.2. The maximum atomic E-state index is 12.8. The second-order valence-corrected chi connectivity index (χ2v) is 9.23. The molecule has 15 nitrogen and oxygen atoms in total. The molecule has 0 bridgehead atoms. The Morgan fingerprint density at radius 1 is 1.33 bits per heavy atom. The molecule has 1 aliphatic rings. The number of anilines is 2. The summed E-state index contributed by atoms with van der Waals surface area (Å²) in [5.74, 6) is -2.79. The quantitative estimate of drug-likeness (QED) is 0.0717. The Morgan fingerprint density at radius 3 is 2.45 bits per heavy atom. The van der Waals surface area contributed by atoms with Crippen molar-refractivity contribution in [3.05, 3.63) is 22.1 Å². The van der Waals surface area contributed by atoms with Crippen LogP contribution >= 0.6 is 22.7 Å². The molecule has 3 rings (SSSR count). The van der Waals surface area contributed by atoms with Gasteiger partial charge in [0.1, 0.15) is 18.8 Å². The summed E-state index contributed by atoms with van der Waals surface area (Å²) in [6.07, 6.45) is 0. The van der Waals surface area contributed by atoms with E-state index >= 15 is 0 Å². The molecule has 3 heterocycles. The maximum absolute atomic E-state index is 12.8. The van der Waals surface area contributed by atoms with Gasteiger partial charge in [-0.05, 0) is 0 Å². The first-order chi connectivity index (χ1) is 15.0. The molecule has 33 heavy (non-hydrogen) atoms. The number of oxime groups is 1. The summed E-state index contributed by atoms with van der Waals surface area (Å²) in [5, 5.41) is 11.5. The van der Waals surface area contributed by atoms with Gasteiger partial charge in [0.2, 0.25) is 5.91 Å². The van der Waals surface area contributed by atoms with Crippen molar-refractivity contribution in [2.45, 2.75) is 12.1 Å². The van der Waals surface area contributed by atoms with Crippen LogP contribution in [-0.4, -0.2) is 70.4 Å². The zero-order chi connectivity index (χ0) is 23.6. The zero-order valence-corrected chi connectivity index (χ0v) is 21.5. The predicted molar refractivity (Wildman–Crippen MR) is 114 cm³/mol. The van der Waals surface area contributed by atoms with Crippen molar-refractivity contribution in [1.29, 1.82) is 0 Å². The predicted octanol–water partition coefficient (Wildman–Crippen LogP) is -4.78. The largest absolute Gasteiger partial charge is 1.00 e. The molecule has 0 aliphatic carbocycles. The third-order valence-electron chi connectivity index (χ3n) is 4.02. The van der Waals surface area contributed by atoms with Gasteiger partial charge in [0.15, 0.2) is 22.0 Å². The second-order valence-electron chi connectivity index (χ2n) is 6.12. The van der Waals surface area contributed by atoms with Crippen LogP contribution in [-0.2, 0) is 29.5 Å². The molecular weight excluding hydrogens is 511 g/mol. The number of carbonyl (C=O) groups excluding carboxylic acids is 3. The minimum atomic E-state index is -4.73. The number of hydrogen-bond donors (Lipinski definition) is 5. The fourth-order valence-electron chi connectivity index (χ4n) is 2.56. The van der Waals surface area contributed by atoms with E-state index < -0.39 is 46.7 Å². The molecule has 0 aromatic carbocycles. The van der Waals surface area contributed by atoms with Gasteiger partial charge >= 0.3 is 39.9 Å². The first kappa shape index (κ1) is 26.9. The van der Waals surface area contributed by atoms with Crippen LogP contribution in [0, 0.1) is 0 Å². The Labute approximate surface area is 218 Å². The maximum Gasteiger partial charge on any atom is 1.00 e. The van der Waals surface area contributed by atoms with Gasteiger partial charge in [-0.25, -0.2) is 14.3 Å². The fourth-order valence-corrected chi connectivity index (χ4v) is 4.39. The van der Waals surface area contributed by atoms with Gasteiger partial charge in [-0.1, -0.05) is 5.16 Å². The molecule has 0 spiro atoms. The number of nitrogen functional groups attached to an aromatic ring is 2. The molecule has 174 valence electrons. The van der Waals surface area contributed by atoms with Crippen LogP contribution in [0.1, 0.15) is 18.9 Å². The normalized spacial score (nSPS) is 16.9. The fraction of sp³-hybridized carbons (Fsp3) is 0.286. The van der Waals surface area contributed by atoms with Crippen molar-refractivity contribution < 1.29 is 63.2 Å². The number of aromatic nitrogens is 2. The number of nitrogens with zero attached hydrogens (tertiary/aromatic N) is 4. The van der Waals surface area contributed by atoms with E-state index in [0.717, 1.165) is 22.7 Å². The number of β-lactam (4-membered cyclic amide) rings is 1. The van der Waals surface area contributed by atoms with Crippen LogP contribution in [0.15, 0.2) is 15.9 Å². The van der Waals surface area contributed by atoms with Crippen LogP contribution in [0.2, 0.25) is 0 Å². The standard InChI is InChI=1S/C14H16N8O7S3.Na.H/c1-29-21-9(7-4-31-14(16)19-7)11(24)20-8(6-3-30-13(15)18-6)10(23)17-5-2-22(12(5)25)32(26,27)28;;/h3-5,8H,2H2,1H3,(H2,15,18)(H2,16,19)(H,17,23)(H,20,24)(H,26,27,28);;/q;+1;-1. The Kier molecular flexibility index (Phi) is 8.74. The van der Waals surface area contributed by atoms with Gasteiger partial charge < -0.3 is 28.4 Å². The Hall–Kier alpha value is -2.35. The van der Waals surface area contributed by atoms with Gasteiger partial charge in [-0.15, -0.1) is 22.7 Å². The second kappa shape index (κ2) is 10.7. The zero-order valence-electron chi connectivity index (χ0n) is 18.1. The molecule has 0 radical (unpaired) electrons. The summed E-state index contributed by atoms with van der Waals surface area (Å²) in [6, 6.07) is -2.66. The third-order valence-corrected chi connectivity index (χ3v) is 6.27. The summed E-state index contributed by atoms with van der Waals surface area (Å²) in [7, 11) is -3.52. The van der Waals surface area contributed by atoms with E-state index in [1.54, 1.807) is 0 Å². The average Bonchev–Trinajstić information content (AvgIpc) is 3.33. The molecular formula is C14H17N8NaO7S3. The van der Waals surface area contributed by atoms with Gasteiger partial charge in [0.05, 0.1) is 12.2 Å². The minimum absolute atomic E-state index is 0. The van der Waals surface area contributed by atoms with E-state index in [4.69, 9.17) is 16.0 Å². The third kappa shape index (κ3) is 6.16. The first-order valence-corrected chi connectivity index (χ1v) is 11.6. The number of rotatable bonds is 8. The van der Waals surface area contributed by atoms with Crippen molar-refractivity contribution in [2.24, 2.45) is 5.16 Å². The topological polar surface area (TPSA) is 232 Å². The summed E-state index contributed by atoms with van der Waals surface area (Å²) >= 11 is 2.06. The molecule has 0 saturated carbocycles. The molecule has 1 saturated heterocycles. The number of thiazole rings is 2. The Morgan fingerprint density at radius 2 is 1.97 bits per heavy atom.